The minimum absolute atomic E-state index is 0.0358. The number of carbonyl (C=O) groups excluding carboxylic acids is 1. The van der Waals surface area contributed by atoms with E-state index in [2.05, 4.69) is 4.98 Å². The molecule has 1 aliphatic rings. The van der Waals surface area contributed by atoms with Crippen molar-refractivity contribution >= 4 is 11.9 Å². The number of aromatic nitrogens is 1. The minimum atomic E-state index is 0.0358. The Morgan fingerprint density at radius 1 is 1.11 bits per heavy atom. The summed E-state index contributed by atoms with van der Waals surface area (Å²) in [5.41, 5.74) is 2.25. The fraction of sp³-hybridized carbons (Fsp3) is 0.0667. The van der Waals surface area contributed by atoms with E-state index in [1.54, 1.807) is 18.5 Å². The van der Waals surface area contributed by atoms with E-state index >= 15 is 0 Å². The van der Waals surface area contributed by atoms with Crippen LogP contribution in [0.15, 0.2) is 54.4 Å². The van der Waals surface area contributed by atoms with Gasteiger partial charge in [-0.25, -0.2) is 0 Å². The number of Topliss-reactive ketones (excluding diaryl/α,β-unsaturated/α-hetero) is 1. The van der Waals surface area contributed by atoms with Crippen molar-refractivity contribution in [2.45, 2.75) is 0 Å². The molecular formula is C15H11NO2. The van der Waals surface area contributed by atoms with Gasteiger partial charge in [0, 0.05) is 18.0 Å². The summed E-state index contributed by atoms with van der Waals surface area (Å²) in [6.45, 7) is 0.318. The number of para-hydroxylation sites is 1. The van der Waals surface area contributed by atoms with Crippen molar-refractivity contribution in [3.8, 4) is 5.75 Å². The van der Waals surface area contributed by atoms with Crippen molar-refractivity contribution in [2.75, 3.05) is 6.61 Å². The van der Waals surface area contributed by atoms with Gasteiger partial charge in [-0.3, -0.25) is 9.78 Å². The second-order valence-corrected chi connectivity index (χ2v) is 4.06. The molecule has 3 rings (SSSR count). The van der Waals surface area contributed by atoms with Crippen molar-refractivity contribution in [1.82, 2.24) is 4.98 Å². The van der Waals surface area contributed by atoms with Crippen LogP contribution in [-0.2, 0) is 0 Å². The van der Waals surface area contributed by atoms with Gasteiger partial charge in [0.1, 0.15) is 12.4 Å². The van der Waals surface area contributed by atoms with E-state index in [-0.39, 0.29) is 5.78 Å². The third-order valence-electron chi connectivity index (χ3n) is 2.85. The number of pyridine rings is 1. The Morgan fingerprint density at radius 3 is 2.72 bits per heavy atom. The minimum Gasteiger partial charge on any atom is -0.488 e. The molecular weight excluding hydrogens is 226 g/mol. The molecule has 3 heteroatoms. The van der Waals surface area contributed by atoms with Crippen LogP contribution in [0.2, 0.25) is 0 Å². The number of ketones is 1. The average molecular weight is 237 g/mol. The highest BCUT2D eigenvalue weighted by atomic mass is 16.5. The third-order valence-corrected chi connectivity index (χ3v) is 2.85. The van der Waals surface area contributed by atoms with Crippen LogP contribution in [0.4, 0.5) is 0 Å². The molecule has 1 aliphatic heterocycles. The molecule has 0 fully saturated rings. The highest BCUT2D eigenvalue weighted by molar-refractivity contribution is 6.14. The molecule has 3 nitrogen and oxygen atoms in total. The van der Waals surface area contributed by atoms with Gasteiger partial charge < -0.3 is 4.74 Å². The highest BCUT2D eigenvalue weighted by Gasteiger charge is 2.22. The lowest BCUT2D eigenvalue weighted by Gasteiger charge is -2.18. The van der Waals surface area contributed by atoms with Crippen LogP contribution in [-0.4, -0.2) is 17.4 Å². The summed E-state index contributed by atoms with van der Waals surface area (Å²) >= 11 is 0. The molecule has 0 aliphatic carbocycles. The zero-order valence-corrected chi connectivity index (χ0v) is 9.67. The predicted octanol–water partition coefficient (Wildman–Crippen LogP) is 2.74. The maximum atomic E-state index is 12.3. The molecule has 0 radical (unpaired) electrons. The maximum Gasteiger partial charge on any atom is 0.196 e. The van der Waals surface area contributed by atoms with Gasteiger partial charge in [-0.1, -0.05) is 12.1 Å². The zero-order chi connectivity index (χ0) is 12.4. The van der Waals surface area contributed by atoms with Crippen molar-refractivity contribution < 1.29 is 9.53 Å². The number of fused-ring (bicyclic) bond motifs is 1. The lowest BCUT2D eigenvalue weighted by Crippen LogP contribution is -2.18. The smallest absolute Gasteiger partial charge is 0.196 e. The van der Waals surface area contributed by atoms with Crippen LogP contribution >= 0.6 is 0 Å². The van der Waals surface area contributed by atoms with Crippen LogP contribution in [0.5, 0.6) is 5.75 Å². The fourth-order valence-corrected chi connectivity index (χ4v) is 1.94. The van der Waals surface area contributed by atoms with Gasteiger partial charge in [-0.2, -0.15) is 0 Å². The molecule has 0 saturated heterocycles. The van der Waals surface area contributed by atoms with E-state index < -0.39 is 0 Å². The third kappa shape index (κ3) is 1.91. The molecule has 0 N–H and O–H groups in total. The Hall–Kier alpha value is -2.42. The number of ether oxygens (including phenoxy) is 1. The first-order chi connectivity index (χ1) is 8.84. The van der Waals surface area contributed by atoms with Crippen LogP contribution in [0.3, 0.4) is 0 Å². The molecule has 18 heavy (non-hydrogen) atoms. The molecule has 0 spiro atoms. The molecule has 0 unspecified atom stereocenters. The van der Waals surface area contributed by atoms with Crippen LogP contribution in [0.1, 0.15) is 15.9 Å². The first-order valence-electron chi connectivity index (χ1n) is 5.72. The molecule has 0 saturated carbocycles. The monoisotopic (exact) mass is 237 g/mol. The second-order valence-electron chi connectivity index (χ2n) is 4.06. The van der Waals surface area contributed by atoms with Gasteiger partial charge in [0.2, 0.25) is 0 Å². The second kappa shape index (κ2) is 4.45. The summed E-state index contributed by atoms with van der Waals surface area (Å²) in [6.07, 6.45) is 5.25. The van der Waals surface area contributed by atoms with E-state index in [4.69, 9.17) is 4.74 Å². The first kappa shape index (κ1) is 10.7. The van der Waals surface area contributed by atoms with Gasteiger partial charge in [-0.05, 0) is 35.9 Å². The molecule has 0 bridgehead atoms. The molecule has 0 amide bonds. The predicted molar refractivity (Wildman–Crippen MR) is 68.5 cm³/mol. The van der Waals surface area contributed by atoms with Crippen LogP contribution < -0.4 is 4.74 Å². The number of hydrogen-bond acceptors (Lipinski definition) is 3. The average Bonchev–Trinajstić information content (AvgIpc) is 2.43. The van der Waals surface area contributed by atoms with E-state index in [1.165, 1.54) is 0 Å². The number of benzene rings is 1. The molecule has 2 heterocycles. The zero-order valence-electron chi connectivity index (χ0n) is 9.67. The van der Waals surface area contributed by atoms with Crippen molar-refractivity contribution in [1.29, 1.82) is 0 Å². The Morgan fingerprint density at radius 2 is 1.89 bits per heavy atom. The summed E-state index contributed by atoms with van der Waals surface area (Å²) in [5, 5.41) is 0. The van der Waals surface area contributed by atoms with Gasteiger partial charge in [0.25, 0.3) is 0 Å². The Bertz CT molecular complexity index is 617. The van der Waals surface area contributed by atoms with Crippen LogP contribution in [0, 0.1) is 0 Å². The summed E-state index contributed by atoms with van der Waals surface area (Å²) < 4.78 is 5.57. The maximum absolute atomic E-state index is 12.3. The van der Waals surface area contributed by atoms with Gasteiger partial charge in [-0.15, -0.1) is 0 Å². The molecule has 1 aromatic heterocycles. The lowest BCUT2D eigenvalue weighted by molar-refractivity contribution is 0.100. The Kier molecular flexibility index (Phi) is 2.65. The fourth-order valence-electron chi connectivity index (χ4n) is 1.94. The van der Waals surface area contributed by atoms with Gasteiger partial charge in [0.15, 0.2) is 5.78 Å². The molecule has 2 aromatic rings. The largest absolute Gasteiger partial charge is 0.488 e. The van der Waals surface area contributed by atoms with E-state index in [1.807, 2.05) is 36.4 Å². The summed E-state index contributed by atoms with van der Waals surface area (Å²) in [5.74, 6) is 0.697. The first-order valence-corrected chi connectivity index (χ1v) is 5.72. The molecule has 1 aromatic carbocycles. The molecule has 88 valence electrons. The van der Waals surface area contributed by atoms with Crippen molar-refractivity contribution in [2.24, 2.45) is 0 Å². The quantitative estimate of drug-likeness (QED) is 0.716. The van der Waals surface area contributed by atoms with Crippen molar-refractivity contribution in [3.63, 3.8) is 0 Å². The number of nitrogens with zero attached hydrogens (tertiary/aromatic N) is 1. The Labute approximate surface area is 105 Å². The highest BCUT2D eigenvalue weighted by Crippen LogP contribution is 2.27. The van der Waals surface area contributed by atoms with Gasteiger partial charge in [0.05, 0.1) is 5.56 Å². The van der Waals surface area contributed by atoms with E-state index in [9.17, 15) is 4.79 Å². The summed E-state index contributed by atoms with van der Waals surface area (Å²) in [4.78, 5) is 16.2. The number of rotatable bonds is 1. The normalized spacial score (nSPS) is 16.2. The van der Waals surface area contributed by atoms with E-state index in [0.717, 1.165) is 5.56 Å². The summed E-state index contributed by atoms with van der Waals surface area (Å²) in [6, 6.07) is 11.0. The number of hydrogen-bond donors (Lipinski definition) is 0. The standard InChI is InChI=1S/C15H11NO2/c17-15-12(9-11-5-7-16-8-6-11)10-18-14-4-2-1-3-13(14)15/h1-9H,10H2/b12-9+. The number of carbonyl (C=O) groups is 1. The SMILES string of the molecule is O=C1/C(=C/c2ccncc2)COc2ccccc21. The topological polar surface area (TPSA) is 39.2 Å². The Balaban J connectivity index is 1.98. The van der Waals surface area contributed by atoms with E-state index in [0.29, 0.717) is 23.5 Å². The lowest BCUT2D eigenvalue weighted by atomic mass is 9.99. The van der Waals surface area contributed by atoms with Crippen molar-refractivity contribution in [3.05, 3.63) is 65.5 Å². The van der Waals surface area contributed by atoms with Crippen LogP contribution in [0.25, 0.3) is 6.08 Å². The molecule has 0 atom stereocenters. The van der Waals surface area contributed by atoms with Gasteiger partial charge >= 0.3 is 0 Å². The summed E-state index contributed by atoms with van der Waals surface area (Å²) in [7, 11) is 0.